The Morgan fingerprint density at radius 2 is 2.06 bits per heavy atom. The fraction of sp³-hybridized carbons (Fsp3) is 0.923. The number of hydrogen-bond acceptors (Lipinski definition) is 3. The Balaban J connectivity index is 2.25. The predicted octanol–water partition coefficient (Wildman–Crippen LogP) is 0.997. The van der Waals surface area contributed by atoms with Crippen molar-refractivity contribution < 1.29 is 9.90 Å². The maximum absolute atomic E-state index is 12.0. The lowest BCUT2D eigenvalue weighted by atomic mass is 9.93. The van der Waals surface area contributed by atoms with Crippen LogP contribution in [0.2, 0.25) is 0 Å². The normalized spacial score (nSPS) is 17.1. The van der Waals surface area contributed by atoms with Crippen molar-refractivity contribution in [2.45, 2.75) is 39.0 Å². The van der Waals surface area contributed by atoms with Crippen LogP contribution in [-0.4, -0.2) is 48.7 Å². The first kappa shape index (κ1) is 14.5. The number of aliphatic hydroxyl groups is 1. The van der Waals surface area contributed by atoms with Gasteiger partial charge in [-0.3, -0.25) is 4.79 Å². The lowest BCUT2D eigenvalue weighted by Gasteiger charge is -2.25. The van der Waals surface area contributed by atoms with Crippen LogP contribution in [-0.2, 0) is 4.79 Å². The molecule has 0 radical (unpaired) electrons. The first-order chi connectivity index (χ1) is 8.27. The number of carbonyl (C=O) groups excluding carboxylic acids is 1. The summed E-state index contributed by atoms with van der Waals surface area (Å²) >= 11 is 0. The predicted molar refractivity (Wildman–Crippen MR) is 68.8 cm³/mol. The second-order valence-corrected chi connectivity index (χ2v) is 4.84. The molecule has 0 bridgehead atoms. The molecule has 1 aliphatic heterocycles. The molecule has 1 heterocycles. The van der Waals surface area contributed by atoms with Crippen LogP contribution in [0.25, 0.3) is 0 Å². The molecule has 2 N–H and O–H groups in total. The monoisotopic (exact) mass is 242 g/mol. The van der Waals surface area contributed by atoms with Gasteiger partial charge in [0, 0.05) is 19.5 Å². The highest BCUT2D eigenvalue weighted by Crippen LogP contribution is 2.18. The maximum atomic E-state index is 12.0. The van der Waals surface area contributed by atoms with Gasteiger partial charge in [-0.25, -0.2) is 0 Å². The summed E-state index contributed by atoms with van der Waals surface area (Å²) in [6.45, 7) is 5.57. The molecule has 1 saturated heterocycles. The van der Waals surface area contributed by atoms with E-state index >= 15 is 0 Å². The Hall–Kier alpha value is -0.610. The Morgan fingerprint density at radius 3 is 2.65 bits per heavy atom. The minimum absolute atomic E-state index is 0.0685. The van der Waals surface area contributed by atoms with Crippen molar-refractivity contribution in [2.75, 3.05) is 32.8 Å². The van der Waals surface area contributed by atoms with E-state index in [1.54, 1.807) is 4.90 Å². The van der Waals surface area contributed by atoms with Crippen molar-refractivity contribution in [3.05, 3.63) is 0 Å². The van der Waals surface area contributed by atoms with E-state index in [1.807, 2.05) is 0 Å². The third-order valence-electron chi connectivity index (χ3n) is 3.44. The lowest BCUT2D eigenvalue weighted by molar-refractivity contribution is -0.132. The van der Waals surface area contributed by atoms with Crippen LogP contribution in [0.15, 0.2) is 0 Å². The average Bonchev–Trinajstić information content (AvgIpc) is 2.37. The molecule has 1 rings (SSSR count). The molecule has 0 saturated carbocycles. The van der Waals surface area contributed by atoms with E-state index in [-0.39, 0.29) is 12.5 Å². The summed E-state index contributed by atoms with van der Waals surface area (Å²) < 4.78 is 0. The van der Waals surface area contributed by atoms with E-state index in [9.17, 15) is 4.79 Å². The molecule has 4 heteroatoms. The first-order valence-corrected chi connectivity index (χ1v) is 6.87. The molecular formula is C13H26N2O2. The number of rotatable bonds is 7. The molecule has 0 aromatic carbocycles. The summed E-state index contributed by atoms with van der Waals surface area (Å²) in [5.41, 5.74) is 0. The SMILES string of the molecule is CCCN(CCO)C(=O)CCC1CCNCC1. The van der Waals surface area contributed by atoms with Gasteiger partial charge in [-0.2, -0.15) is 0 Å². The summed E-state index contributed by atoms with van der Waals surface area (Å²) in [6.07, 6.45) is 5.00. The van der Waals surface area contributed by atoms with Gasteiger partial charge in [0.05, 0.1) is 6.61 Å². The van der Waals surface area contributed by atoms with Crippen LogP contribution in [0.1, 0.15) is 39.0 Å². The maximum Gasteiger partial charge on any atom is 0.222 e. The second-order valence-electron chi connectivity index (χ2n) is 4.84. The number of piperidine rings is 1. The van der Waals surface area contributed by atoms with Crippen molar-refractivity contribution in [1.29, 1.82) is 0 Å². The van der Waals surface area contributed by atoms with Crippen LogP contribution in [0.3, 0.4) is 0 Å². The van der Waals surface area contributed by atoms with Gasteiger partial charge in [0.15, 0.2) is 0 Å². The summed E-state index contributed by atoms with van der Waals surface area (Å²) in [6, 6.07) is 0. The quantitative estimate of drug-likeness (QED) is 0.700. The van der Waals surface area contributed by atoms with Gasteiger partial charge in [0.25, 0.3) is 0 Å². The molecule has 4 nitrogen and oxygen atoms in total. The van der Waals surface area contributed by atoms with Crippen molar-refractivity contribution in [3.63, 3.8) is 0 Å². The Morgan fingerprint density at radius 1 is 1.35 bits per heavy atom. The molecular weight excluding hydrogens is 216 g/mol. The van der Waals surface area contributed by atoms with E-state index in [0.717, 1.165) is 32.5 Å². The van der Waals surface area contributed by atoms with E-state index < -0.39 is 0 Å². The number of aliphatic hydroxyl groups excluding tert-OH is 1. The number of nitrogens with one attached hydrogen (secondary N) is 1. The highest BCUT2D eigenvalue weighted by Gasteiger charge is 2.17. The van der Waals surface area contributed by atoms with Gasteiger partial charge in [-0.1, -0.05) is 6.92 Å². The standard InChI is InChI=1S/C13H26N2O2/c1-2-9-15(10-11-16)13(17)4-3-12-5-7-14-8-6-12/h12,14,16H,2-11H2,1H3. The zero-order valence-corrected chi connectivity index (χ0v) is 11.0. The fourth-order valence-electron chi connectivity index (χ4n) is 2.41. The number of carbonyl (C=O) groups is 1. The van der Waals surface area contributed by atoms with E-state index in [4.69, 9.17) is 5.11 Å². The van der Waals surface area contributed by atoms with Gasteiger partial charge < -0.3 is 15.3 Å². The van der Waals surface area contributed by atoms with Gasteiger partial charge in [0.1, 0.15) is 0 Å². The summed E-state index contributed by atoms with van der Waals surface area (Å²) in [5.74, 6) is 0.914. The molecule has 0 unspecified atom stereocenters. The zero-order valence-electron chi connectivity index (χ0n) is 11.0. The van der Waals surface area contributed by atoms with Gasteiger partial charge in [-0.15, -0.1) is 0 Å². The van der Waals surface area contributed by atoms with Crippen molar-refractivity contribution in [2.24, 2.45) is 5.92 Å². The number of amides is 1. The molecule has 1 aliphatic rings. The van der Waals surface area contributed by atoms with Crippen LogP contribution >= 0.6 is 0 Å². The van der Waals surface area contributed by atoms with Crippen molar-refractivity contribution >= 4 is 5.91 Å². The van der Waals surface area contributed by atoms with Crippen LogP contribution in [0, 0.1) is 5.92 Å². The minimum atomic E-state index is 0.0685. The minimum Gasteiger partial charge on any atom is -0.395 e. The Kier molecular flexibility index (Phi) is 7.21. The van der Waals surface area contributed by atoms with Crippen LogP contribution < -0.4 is 5.32 Å². The summed E-state index contributed by atoms with van der Waals surface area (Å²) in [5, 5.41) is 12.3. The van der Waals surface area contributed by atoms with Crippen molar-refractivity contribution in [1.82, 2.24) is 10.2 Å². The number of hydrogen-bond donors (Lipinski definition) is 2. The zero-order chi connectivity index (χ0) is 12.5. The molecule has 17 heavy (non-hydrogen) atoms. The number of nitrogens with zero attached hydrogens (tertiary/aromatic N) is 1. The largest absolute Gasteiger partial charge is 0.395 e. The third kappa shape index (κ3) is 5.50. The average molecular weight is 242 g/mol. The molecule has 0 spiro atoms. The molecule has 1 amide bonds. The van der Waals surface area contributed by atoms with Crippen LogP contribution in [0.4, 0.5) is 0 Å². The van der Waals surface area contributed by atoms with E-state index in [0.29, 0.717) is 18.9 Å². The van der Waals surface area contributed by atoms with E-state index in [1.165, 1.54) is 12.8 Å². The smallest absolute Gasteiger partial charge is 0.222 e. The highest BCUT2D eigenvalue weighted by atomic mass is 16.3. The Bertz CT molecular complexity index is 209. The summed E-state index contributed by atoms with van der Waals surface area (Å²) in [4.78, 5) is 13.8. The molecule has 100 valence electrons. The van der Waals surface area contributed by atoms with Crippen molar-refractivity contribution in [3.8, 4) is 0 Å². The third-order valence-corrected chi connectivity index (χ3v) is 3.44. The first-order valence-electron chi connectivity index (χ1n) is 6.87. The van der Waals surface area contributed by atoms with Gasteiger partial charge >= 0.3 is 0 Å². The topological polar surface area (TPSA) is 52.6 Å². The second kappa shape index (κ2) is 8.48. The Labute approximate surface area is 104 Å². The highest BCUT2D eigenvalue weighted by molar-refractivity contribution is 5.76. The van der Waals surface area contributed by atoms with E-state index in [2.05, 4.69) is 12.2 Å². The summed E-state index contributed by atoms with van der Waals surface area (Å²) in [7, 11) is 0. The van der Waals surface area contributed by atoms with Gasteiger partial charge in [-0.05, 0) is 44.7 Å². The molecule has 0 aromatic rings. The molecule has 1 fully saturated rings. The van der Waals surface area contributed by atoms with Crippen LogP contribution in [0.5, 0.6) is 0 Å². The lowest BCUT2D eigenvalue weighted by Crippen LogP contribution is -2.35. The van der Waals surface area contributed by atoms with Gasteiger partial charge in [0.2, 0.25) is 5.91 Å². The molecule has 0 aromatic heterocycles. The molecule has 0 atom stereocenters. The molecule has 0 aliphatic carbocycles. The fourth-order valence-corrected chi connectivity index (χ4v) is 2.41.